The fourth-order valence-electron chi connectivity index (χ4n) is 4.25. The molecule has 2 N–H and O–H groups in total. The van der Waals surface area contributed by atoms with Crippen LogP contribution in [-0.2, 0) is 27.0 Å². The number of rotatable bonds is 8. The number of hydrogen-bond donors (Lipinski definition) is 2. The van der Waals surface area contributed by atoms with E-state index in [0.29, 0.717) is 37.2 Å². The van der Waals surface area contributed by atoms with Crippen molar-refractivity contribution in [3.05, 3.63) is 23.5 Å². The van der Waals surface area contributed by atoms with Crippen molar-refractivity contribution >= 4 is 23.0 Å². The van der Waals surface area contributed by atoms with Crippen LogP contribution in [-0.4, -0.2) is 77.2 Å². The number of aryl methyl sites for hydroxylation is 1. The molecule has 0 radical (unpaired) electrons. The predicted octanol–water partition coefficient (Wildman–Crippen LogP) is 2.24. The Bertz CT molecular complexity index is 1070. The second-order valence-corrected chi connectivity index (χ2v) is 8.66. The maximum Gasteiger partial charge on any atom is 0.433 e. The Labute approximate surface area is 200 Å². The largest absolute Gasteiger partial charge is 0.453 e. The molecule has 1 saturated carbocycles. The predicted molar refractivity (Wildman–Crippen MR) is 118 cm³/mol. The van der Waals surface area contributed by atoms with Crippen LogP contribution in [0.5, 0.6) is 0 Å². The fraction of sp³-hybridized carbons (Fsp3) is 0.636. The Hall–Kier alpha value is -2.93. The summed E-state index contributed by atoms with van der Waals surface area (Å²) in [6.45, 7) is 3.81. The molecular weight excluding hydrogens is 469 g/mol. The van der Waals surface area contributed by atoms with Gasteiger partial charge in [-0.25, -0.2) is 14.5 Å². The molecule has 192 valence electrons. The van der Waals surface area contributed by atoms with Crippen LogP contribution < -0.4 is 10.6 Å². The summed E-state index contributed by atoms with van der Waals surface area (Å²) >= 11 is 0. The van der Waals surface area contributed by atoms with Gasteiger partial charge in [0.15, 0.2) is 5.65 Å². The zero-order chi connectivity index (χ0) is 25.2. The minimum atomic E-state index is -4.61. The number of fused-ring (bicyclic) bond motifs is 1. The first-order valence-electron chi connectivity index (χ1n) is 11.6. The fourth-order valence-corrected chi connectivity index (χ4v) is 4.25. The zero-order valence-electron chi connectivity index (χ0n) is 19.6. The number of methoxy groups -OCH3 is 1. The summed E-state index contributed by atoms with van der Waals surface area (Å²) in [5, 5.41) is 10.7. The number of carbonyl (C=O) groups excluding carboxylic acids is 2. The third-order valence-electron chi connectivity index (χ3n) is 6.13. The molecule has 0 spiro atoms. The van der Waals surface area contributed by atoms with E-state index < -0.39 is 30.1 Å². The third kappa shape index (κ3) is 5.67. The lowest BCUT2D eigenvalue weighted by molar-refractivity contribution is -0.148. The third-order valence-corrected chi connectivity index (χ3v) is 6.13. The highest BCUT2D eigenvalue weighted by atomic mass is 19.4. The minimum Gasteiger partial charge on any atom is -0.453 e. The molecule has 1 aliphatic heterocycles. The van der Waals surface area contributed by atoms with Gasteiger partial charge in [0.25, 0.3) is 5.91 Å². The summed E-state index contributed by atoms with van der Waals surface area (Å²) in [5.74, 6) is -0.156. The first kappa shape index (κ1) is 25.2. The summed E-state index contributed by atoms with van der Waals surface area (Å²) < 4.78 is 51.7. The van der Waals surface area contributed by atoms with E-state index in [1.807, 2.05) is 6.92 Å². The molecule has 4 rings (SSSR count). The van der Waals surface area contributed by atoms with E-state index in [0.717, 1.165) is 18.9 Å². The Balaban J connectivity index is 1.64. The maximum atomic E-state index is 13.4. The second-order valence-electron chi connectivity index (χ2n) is 8.66. The molecule has 2 aromatic heterocycles. The smallest absolute Gasteiger partial charge is 0.433 e. The van der Waals surface area contributed by atoms with Crippen LogP contribution in [0.4, 0.5) is 18.0 Å². The first-order valence-corrected chi connectivity index (χ1v) is 11.6. The quantitative estimate of drug-likeness (QED) is 0.537. The van der Waals surface area contributed by atoms with Crippen LogP contribution in [0.2, 0.25) is 0 Å². The molecule has 35 heavy (non-hydrogen) atoms. The highest BCUT2D eigenvalue weighted by molar-refractivity contribution is 5.84. The lowest BCUT2D eigenvalue weighted by Gasteiger charge is -2.33. The highest BCUT2D eigenvalue weighted by Crippen LogP contribution is 2.38. The van der Waals surface area contributed by atoms with Crippen LogP contribution in [0, 0.1) is 0 Å². The zero-order valence-corrected chi connectivity index (χ0v) is 19.6. The molecule has 1 aliphatic carbocycles. The van der Waals surface area contributed by atoms with Crippen LogP contribution >= 0.6 is 0 Å². The number of carbonyl (C=O) groups is 2. The van der Waals surface area contributed by atoms with Gasteiger partial charge in [0, 0.05) is 37.6 Å². The van der Waals surface area contributed by atoms with E-state index in [-0.39, 0.29) is 30.7 Å². The van der Waals surface area contributed by atoms with Gasteiger partial charge in [-0.2, -0.15) is 18.3 Å². The van der Waals surface area contributed by atoms with Gasteiger partial charge in [-0.1, -0.05) is 0 Å². The number of pyridine rings is 1. The lowest BCUT2D eigenvalue weighted by atomic mass is 10.1. The highest BCUT2D eigenvalue weighted by Gasteiger charge is 2.41. The average Bonchev–Trinajstić information content (AvgIpc) is 3.61. The molecule has 3 heterocycles. The number of nitrogens with zero attached hydrogens (tertiary/aromatic N) is 4. The van der Waals surface area contributed by atoms with Crippen LogP contribution in [0.1, 0.15) is 43.6 Å². The van der Waals surface area contributed by atoms with Crippen molar-refractivity contribution in [1.82, 2.24) is 30.3 Å². The molecule has 10 nitrogen and oxygen atoms in total. The molecule has 1 saturated heterocycles. The minimum absolute atomic E-state index is 0.0369. The van der Waals surface area contributed by atoms with Crippen molar-refractivity contribution < 1.29 is 32.2 Å². The Morgan fingerprint density at radius 1 is 1.37 bits per heavy atom. The Morgan fingerprint density at radius 2 is 2.14 bits per heavy atom. The van der Waals surface area contributed by atoms with Gasteiger partial charge < -0.3 is 25.0 Å². The number of halogens is 3. The average molecular weight is 499 g/mol. The molecule has 0 aromatic carbocycles. The van der Waals surface area contributed by atoms with Gasteiger partial charge >= 0.3 is 12.3 Å². The van der Waals surface area contributed by atoms with Crippen LogP contribution in [0.25, 0.3) is 11.0 Å². The van der Waals surface area contributed by atoms with Gasteiger partial charge in [0.1, 0.15) is 11.8 Å². The monoisotopic (exact) mass is 498 g/mol. The topological polar surface area (TPSA) is 111 Å². The normalized spacial score (nSPS) is 19.4. The molecule has 2 fully saturated rings. The van der Waals surface area contributed by atoms with E-state index in [2.05, 4.69) is 25.5 Å². The van der Waals surface area contributed by atoms with Crippen molar-refractivity contribution in [2.45, 2.75) is 57.1 Å². The standard InChI is InChI=1S/C22H29F3N6O4/c1-13(31(14-4-5-14)20(32)16-12-26-9-11-35-16)18-15-6-7-17(22(23,24)25)28-19(15)30(29-18)10-3-8-27-21(33)34-2/h6-7,13-14,16,26H,3-5,8-12H2,1-2H3,(H,27,33)/t13-,16-/m1/s1. The molecule has 2 amide bonds. The van der Waals surface area contributed by atoms with Gasteiger partial charge in [0.05, 0.1) is 25.5 Å². The van der Waals surface area contributed by atoms with Crippen molar-refractivity contribution in [2.75, 3.05) is 33.4 Å². The van der Waals surface area contributed by atoms with E-state index in [9.17, 15) is 22.8 Å². The molecular formula is C22H29F3N6O4. The first-order chi connectivity index (χ1) is 16.7. The number of nitrogens with one attached hydrogen (secondary N) is 2. The van der Waals surface area contributed by atoms with Crippen molar-refractivity contribution in [1.29, 1.82) is 0 Å². The number of amides is 2. The van der Waals surface area contributed by atoms with Gasteiger partial charge in [-0.15, -0.1) is 0 Å². The van der Waals surface area contributed by atoms with E-state index in [1.54, 1.807) is 4.90 Å². The van der Waals surface area contributed by atoms with Crippen molar-refractivity contribution in [3.63, 3.8) is 0 Å². The maximum absolute atomic E-state index is 13.4. The van der Waals surface area contributed by atoms with Crippen LogP contribution in [0.3, 0.4) is 0 Å². The van der Waals surface area contributed by atoms with Gasteiger partial charge in [0.2, 0.25) is 0 Å². The Morgan fingerprint density at radius 3 is 2.77 bits per heavy atom. The number of ether oxygens (including phenoxy) is 2. The number of alkyl carbamates (subject to hydrolysis) is 1. The molecule has 0 bridgehead atoms. The summed E-state index contributed by atoms with van der Waals surface area (Å²) in [7, 11) is 1.24. The summed E-state index contributed by atoms with van der Waals surface area (Å²) in [6, 6.07) is 1.84. The summed E-state index contributed by atoms with van der Waals surface area (Å²) in [5.41, 5.74) is -0.459. The SMILES string of the molecule is COC(=O)NCCCn1nc([C@@H](C)N(C(=O)[C@H]2CNCCO2)C2CC2)c2ccc(C(F)(F)F)nc21. The van der Waals surface area contributed by atoms with E-state index >= 15 is 0 Å². The number of morpholine rings is 1. The number of aromatic nitrogens is 3. The number of alkyl halides is 3. The lowest BCUT2D eigenvalue weighted by Crippen LogP contribution is -2.50. The molecule has 2 atom stereocenters. The van der Waals surface area contributed by atoms with Gasteiger partial charge in [-0.05, 0) is 38.3 Å². The van der Waals surface area contributed by atoms with Gasteiger partial charge in [-0.3, -0.25) is 4.79 Å². The summed E-state index contributed by atoms with van der Waals surface area (Å²) in [4.78, 5) is 30.2. The van der Waals surface area contributed by atoms with E-state index in [1.165, 1.54) is 17.9 Å². The summed E-state index contributed by atoms with van der Waals surface area (Å²) in [6.07, 6.45) is -3.72. The van der Waals surface area contributed by atoms with Crippen molar-refractivity contribution in [3.8, 4) is 0 Å². The Kier molecular flexibility index (Phi) is 7.45. The van der Waals surface area contributed by atoms with Crippen LogP contribution in [0.15, 0.2) is 12.1 Å². The second kappa shape index (κ2) is 10.4. The van der Waals surface area contributed by atoms with E-state index in [4.69, 9.17) is 4.74 Å². The molecule has 0 unspecified atom stereocenters. The molecule has 13 heteroatoms. The molecule has 2 aliphatic rings. The van der Waals surface area contributed by atoms with Crippen molar-refractivity contribution in [2.24, 2.45) is 0 Å². The number of hydrogen-bond acceptors (Lipinski definition) is 7. The molecule has 2 aromatic rings.